The smallest absolute Gasteiger partial charge is 0.254 e. The van der Waals surface area contributed by atoms with Crippen LogP contribution in [0, 0.1) is 13.8 Å². The van der Waals surface area contributed by atoms with E-state index in [-0.39, 0.29) is 12.0 Å². The lowest BCUT2D eigenvalue weighted by molar-refractivity contribution is 0.0177. The van der Waals surface area contributed by atoms with Crippen molar-refractivity contribution >= 4 is 5.91 Å². The van der Waals surface area contributed by atoms with Gasteiger partial charge >= 0.3 is 0 Å². The molecule has 0 spiro atoms. The summed E-state index contributed by atoms with van der Waals surface area (Å²) in [6.45, 7) is 5.28. The summed E-state index contributed by atoms with van der Waals surface area (Å²) >= 11 is 0. The van der Waals surface area contributed by atoms with Crippen molar-refractivity contribution in [3.8, 4) is 5.75 Å². The summed E-state index contributed by atoms with van der Waals surface area (Å²) in [5.74, 6) is 0.885. The van der Waals surface area contributed by atoms with Gasteiger partial charge in [0.1, 0.15) is 11.9 Å². The van der Waals surface area contributed by atoms with E-state index in [9.17, 15) is 4.79 Å². The number of carbonyl (C=O) groups excluding carboxylic acids is 1. The normalized spacial score (nSPS) is 14.7. The number of aromatic nitrogens is 1. The van der Waals surface area contributed by atoms with Gasteiger partial charge in [0.15, 0.2) is 0 Å². The fraction of sp³-hybridized carbons (Fsp3) is 0.294. The zero-order chi connectivity index (χ0) is 14.8. The molecule has 0 bridgehead atoms. The van der Waals surface area contributed by atoms with Crippen LogP contribution < -0.4 is 4.74 Å². The van der Waals surface area contributed by atoms with Gasteiger partial charge in [0.25, 0.3) is 5.91 Å². The van der Waals surface area contributed by atoms with E-state index in [1.165, 1.54) is 5.56 Å². The van der Waals surface area contributed by atoms with Crippen LogP contribution >= 0.6 is 0 Å². The number of aryl methyl sites for hydroxylation is 2. The number of amides is 1. The van der Waals surface area contributed by atoms with E-state index in [1.54, 1.807) is 12.4 Å². The van der Waals surface area contributed by atoms with Gasteiger partial charge in [-0.25, -0.2) is 0 Å². The number of pyridine rings is 1. The molecule has 1 aliphatic heterocycles. The van der Waals surface area contributed by atoms with Gasteiger partial charge in [-0.1, -0.05) is 17.7 Å². The first kappa shape index (κ1) is 13.6. The molecule has 0 saturated carbocycles. The Morgan fingerprint density at radius 2 is 1.90 bits per heavy atom. The molecule has 2 heterocycles. The van der Waals surface area contributed by atoms with Crippen LogP contribution in [-0.2, 0) is 0 Å². The first-order valence-electron chi connectivity index (χ1n) is 7.06. The Bertz CT molecular complexity index is 649. The fourth-order valence-electron chi connectivity index (χ4n) is 2.51. The van der Waals surface area contributed by atoms with Gasteiger partial charge in [-0.3, -0.25) is 9.78 Å². The van der Waals surface area contributed by atoms with Crippen LogP contribution in [0.5, 0.6) is 5.75 Å². The highest BCUT2D eigenvalue weighted by Gasteiger charge is 2.33. The van der Waals surface area contributed by atoms with Crippen molar-refractivity contribution in [2.75, 3.05) is 13.1 Å². The zero-order valence-electron chi connectivity index (χ0n) is 12.2. The van der Waals surface area contributed by atoms with Gasteiger partial charge in [0.05, 0.1) is 13.1 Å². The lowest BCUT2D eigenvalue weighted by atomic mass is 10.0. The van der Waals surface area contributed by atoms with Crippen molar-refractivity contribution < 1.29 is 9.53 Å². The number of benzene rings is 1. The minimum absolute atomic E-state index is 0.0714. The average Bonchev–Trinajstić information content (AvgIpc) is 2.43. The number of hydrogen-bond donors (Lipinski definition) is 0. The monoisotopic (exact) mass is 282 g/mol. The van der Waals surface area contributed by atoms with Gasteiger partial charge in [0, 0.05) is 18.0 Å². The van der Waals surface area contributed by atoms with Crippen LogP contribution in [0.4, 0.5) is 0 Å². The molecule has 2 aromatic rings. The Labute approximate surface area is 124 Å². The molecule has 3 rings (SSSR count). The summed E-state index contributed by atoms with van der Waals surface area (Å²) < 4.78 is 5.78. The predicted octanol–water partition coefficient (Wildman–Crippen LogP) is 2.60. The Morgan fingerprint density at radius 3 is 2.57 bits per heavy atom. The standard InChI is InChI=1S/C17H18N2O2/c1-12-3-4-16(13(2)9-12)17(20)19-10-15(11-19)21-14-5-7-18-8-6-14/h3-9,15H,10-11H2,1-2H3. The third-order valence-corrected chi connectivity index (χ3v) is 3.70. The summed E-state index contributed by atoms with van der Waals surface area (Å²) in [7, 11) is 0. The molecule has 0 radical (unpaired) electrons. The molecule has 1 aliphatic rings. The van der Waals surface area contributed by atoms with Crippen molar-refractivity contribution in [1.29, 1.82) is 0 Å². The summed E-state index contributed by atoms with van der Waals surface area (Å²) in [6.07, 6.45) is 3.47. The lowest BCUT2D eigenvalue weighted by Gasteiger charge is -2.39. The Hall–Kier alpha value is -2.36. The maximum atomic E-state index is 12.4. The third kappa shape index (κ3) is 2.89. The second-order valence-electron chi connectivity index (χ2n) is 5.45. The lowest BCUT2D eigenvalue weighted by Crippen LogP contribution is -2.56. The van der Waals surface area contributed by atoms with E-state index in [2.05, 4.69) is 4.98 Å². The molecule has 0 unspecified atom stereocenters. The van der Waals surface area contributed by atoms with Crippen LogP contribution in [0.15, 0.2) is 42.7 Å². The van der Waals surface area contributed by atoms with Gasteiger partial charge in [0.2, 0.25) is 0 Å². The summed E-state index contributed by atoms with van der Waals surface area (Å²) in [5, 5.41) is 0. The van der Waals surface area contributed by atoms with Crippen LogP contribution in [0.25, 0.3) is 0 Å². The van der Waals surface area contributed by atoms with Gasteiger partial charge < -0.3 is 9.64 Å². The number of rotatable bonds is 3. The minimum atomic E-state index is 0.0714. The molecule has 21 heavy (non-hydrogen) atoms. The second-order valence-corrected chi connectivity index (χ2v) is 5.45. The molecule has 1 amide bonds. The van der Waals surface area contributed by atoms with Crippen molar-refractivity contribution in [2.24, 2.45) is 0 Å². The molecular formula is C17H18N2O2. The van der Waals surface area contributed by atoms with Crippen LogP contribution in [0.3, 0.4) is 0 Å². The quantitative estimate of drug-likeness (QED) is 0.869. The van der Waals surface area contributed by atoms with E-state index < -0.39 is 0 Å². The maximum Gasteiger partial charge on any atom is 0.254 e. The van der Waals surface area contributed by atoms with Crippen LogP contribution in [-0.4, -0.2) is 35.0 Å². The van der Waals surface area contributed by atoms with E-state index in [4.69, 9.17) is 4.74 Å². The third-order valence-electron chi connectivity index (χ3n) is 3.70. The summed E-state index contributed by atoms with van der Waals surface area (Å²) in [5.41, 5.74) is 2.98. The largest absolute Gasteiger partial charge is 0.487 e. The van der Waals surface area contributed by atoms with E-state index >= 15 is 0 Å². The molecule has 0 aliphatic carbocycles. The number of carbonyl (C=O) groups is 1. The average molecular weight is 282 g/mol. The molecule has 4 nitrogen and oxygen atoms in total. The van der Waals surface area contributed by atoms with Gasteiger partial charge in [-0.15, -0.1) is 0 Å². The minimum Gasteiger partial charge on any atom is -0.487 e. The van der Waals surface area contributed by atoms with Crippen LogP contribution in [0.1, 0.15) is 21.5 Å². The molecule has 1 fully saturated rings. The first-order valence-corrected chi connectivity index (χ1v) is 7.06. The zero-order valence-corrected chi connectivity index (χ0v) is 12.2. The van der Waals surface area contributed by atoms with Gasteiger partial charge in [-0.2, -0.15) is 0 Å². The molecule has 1 aromatic carbocycles. The van der Waals surface area contributed by atoms with Crippen molar-refractivity contribution in [3.63, 3.8) is 0 Å². The van der Waals surface area contributed by atoms with E-state index in [0.717, 1.165) is 16.9 Å². The molecule has 4 heteroatoms. The van der Waals surface area contributed by atoms with E-state index in [0.29, 0.717) is 13.1 Å². The molecule has 108 valence electrons. The topological polar surface area (TPSA) is 42.4 Å². The maximum absolute atomic E-state index is 12.4. The Balaban J connectivity index is 1.59. The number of likely N-dealkylation sites (tertiary alicyclic amines) is 1. The fourth-order valence-corrected chi connectivity index (χ4v) is 2.51. The first-order chi connectivity index (χ1) is 10.1. The van der Waals surface area contributed by atoms with Crippen LogP contribution in [0.2, 0.25) is 0 Å². The number of hydrogen-bond acceptors (Lipinski definition) is 3. The van der Waals surface area contributed by atoms with Crippen molar-refractivity contribution in [2.45, 2.75) is 20.0 Å². The highest BCUT2D eigenvalue weighted by molar-refractivity contribution is 5.96. The molecule has 1 aromatic heterocycles. The number of nitrogens with zero attached hydrogens (tertiary/aromatic N) is 2. The molecule has 0 atom stereocenters. The Kier molecular flexibility index (Phi) is 3.60. The van der Waals surface area contributed by atoms with Crippen molar-refractivity contribution in [1.82, 2.24) is 9.88 Å². The Morgan fingerprint density at radius 1 is 1.19 bits per heavy atom. The molecular weight excluding hydrogens is 264 g/mol. The summed E-state index contributed by atoms with van der Waals surface area (Å²) in [6, 6.07) is 9.58. The second kappa shape index (κ2) is 5.56. The highest BCUT2D eigenvalue weighted by Crippen LogP contribution is 2.21. The SMILES string of the molecule is Cc1ccc(C(=O)N2CC(Oc3ccncc3)C2)c(C)c1. The molecule has 1 saturated heterocycles. The molecule has 0 N–H and O–H groups in total. The number of ether oxygens (including phenoxy) is 1. The highest BCUT2D eigenvalue weighted by atomic mass is 16.5. The predicted molar refractivity (Wildman–Crippen MR) is 80.5 cm³/mol. The summed E-state index contributed by atoms with van der Waals surface area (Å²) in [4.78, 5) is 18.2. The van der Waals surface area contributed by atoms with Crippen molar-refractivity contribution in [3.05, 3.63) is 59.4 Å². The van der Waals surface area contributed by atoms with E-state index in [1.807, 2.05) is 49.1 Å². The van der Waals surface area contributed by atoms with Gasteiger partial charge in [-0.05, 0) is 37.6 Å².